The van der Waals surface area contributed by atoms with Crippen LogP contribution in [0.1, 0.15) is 87.6 Å². The smallest absolute Gasteiger partial charge is 0.417 e. The van der Waals surface area contributed by atoms with E-state index < -0.39 is 81.8 Å². The number of carbonyl (C=O) groups excluding carboxylic acids is 3. The van der Waals surface area contributed by atoms with Crippen LogP contribution in [0.25, 0.3) is 5.57 Å². The summed E-state index contributed by atoms with van der Waals surface area (Å²) in [6.45, 7) is 11.2. The number of hydrogen-bond acceptors (Lipinski definition) is 7. The molecule has 0 radical (unpaired) electrons. The summed E-state index contributed by atoms with van der Waals surface area (Å²) < 4.78 is 74.1. The SMILES string of the molecule is C=C(CN1CCCCC1)c1ccc2c(c1)CCCC2NC(=O)CC1C(=O)N(C(=O)OC(C)(C)C)CCN1S(=O)(=O)c1cccc(C(F)(F)F)c1. The monoisotopic (exact) mass is 718 g/mol. The number of fused-ring (bicyclic) bond motifs is 1. The Morgan fingerprint density at radius 3 is 2.38 bits per heavy atom. The van der Waals surface area contributed by atoms with Gasteiger partial charge in [0.05, 0.1) is 22.9 Å². The zero-order chi connectivity index (χ0) is 36.4. The van der Waals surface area contributed by atoms with Gasteiger partial charge in [-0.05, 0) is 106 Å². The number of amides is 3. The van der Waals surface area contributed by atoms with Crippen molar-refractivity contribution in [1.82, 2.24) is 19.4 Å². The van der Waals surface area contributed by atoms with Crippen LogP contribution in [0, 0.1) is 0 Å². The van der Waals surface area contributed by atoms with E-state index in [1.807, 2.05) is 12.1 Å². The van der Waals surface area contributed by atoms with Gasteiger partial charge in [0.15, 0.2) is 0 Å². The molecule has 2 atom stereocenters. The van der Waals surface area contributed by atoms with Gasteiger partial charge in [-0.15, -0.1) is 0 Å². The van der Waals surface area contributed by atoms with Crippen LogP contribution in [0.4, 0.5) is 18.0 Å². The highest BCUT2D eigenvalue weighted by molar-refractivity contribution is 7.89. The summed E-state index contributed by atoms with van der Waals surface area (Å²) in [7, 11) is -4.72. The van der Waals surface area contributed by atoms with E-state index in [2.05, 4.69) is 22.9 Å². The highest BCUT2D eigenvalue weighted by Crippen LogP contribution is 2.34. The molecule has 2 aliphatic heterocycles. The van der Waals surface area contributed by atoms with Crippen molar-refractivity contribution in [3.05, 3.63) is 71.3 Å². The molecule has 272 valence electrons. The third-order valence-corrected chi connectivity index (χ3v) is 11.2. The molecule has 10 nitrogen and oxygen atoms in total. The number of aryl methyl sites for hydroxylation is 1. The first-order valence-corrected chi connectivity index (χ1v) is 18.4. The molecule has 2 heterocycles. The van der Waals surface area contributed by atoms with Crippen molar-refractivity contribution in [2.45, 2.75) is 94.5 Å². The minimum Gasteiger partial charge on any atom is -0.443 e. The number of sulfonamides is 1. The fourth-order valence-electron chi connectivity index (χ4n) is 6.80. The number of carbonyl (C=O) groups is 3. The Morgan fingerprint density at radius 1 is 0.980 bits per heavy atom. The second-order valence-electron chi connectivity index (χ2n) is 14.2. The number of hydrogen-bond donors (Lipinski definition) is 1. The standard InChI is InChI=1S/C36H45F3N4O6S/c1-24(23-41-16-6-5-7-17-41)25-14-15-29-26(20-25)10-8-13-30(29)40-32(44)22-31-33(45)42(34(46)49-35(2,3)4)18-19-43(31)50(47,48)28-12-9-11-27(21-28)36(37,38)39/h9,11-12,14-15,20-21,30-31H,1,5-8,10,13,16-19,22-23H2,2-4H3,(H,40,44). The van der Waals surface area contributed by atoms with Crippen LogP contribution in [-0.4, -0.2) is 84.8 Å². The van der Waals surface area contributed by atoms with Crippen LogP contribution in [0.3, 0.4) is 0 Å². The van der Waals surface area contributed by atoms with Gasteiger partial charge in [-0.1, -0.05) is 37.3 Å². The maximum atomic E-state index is 13.8. The van der Waals surface area contributed by atoms with Gasteiger partial charge in [0.25, 0.3) is 5.91 Å². The van der Waals surface area contributed by atoms with E-state index in [0.717, 1.165) is 77.8 Å². The number of nitrogens with zero attached hydrogens (tertiary/aromatic N) is 3. The maximum absolute atomic E-state index is 13.8. The highest BCUT2D eigenvalue weighted by Gasteiger charge is 2.46. The zero-order valence-corrected chi connectivity index (χ0v) is 29.5. The number of likely N-dealkylation sites (tertiary alicyclic amines) is 1. The number of benzene rings is 2. The van der Waals surface area contributed by atoms with E-state index in [-0.39, 0.29) is 0 Å². The second kappa shape index (κ2) is 14.8. The van der Waals surface area contributed by atoms with Gasteiger partial charge in [0.1, 0.15) is 11.6 Å². The third-order valence-electron chi connectivity index (χ3n) is 9.27. The van der Waals surface area contributed by atoms with E-state index >= 15 is 0 Å². The molecule has 1 aliphatic carbocycles. The molecule has 2 unspecified atom stereocenters. The average molecular weight is 719 g/mol. The summed E-state index contributed by atoms with van der Waals surface area (Å²) in [6.07, 6.45) is -0.675. The molecule has 3 aliphatic rings. The van der Waals surface area contributed by atoms with E-state index in [0.29, 0.717) is 16.8 Å². The predicted octanol–water partition coefficient (Wildman–Crippen LogP) is 5.93. The third kappa shape index (κ3) is 8.75. The van der Waals surface area contributed by atoms with Crippen molar-refractivity contribution in [1.29, 1.82) is 0 Å². The summed E-state index contributed by atoms with van der Waals surface area (Å²) in [6, 6.07) is 7.14. The fourth-order valence-corrected chi connectivity index (χ4v) is 8.42. The van der Waals surface area contributed by atoms with Crippen molar-refractivity contribution in [2.24, 2.45) is 0 Å². The summed E-state index contributed by atoms with van der Waals surface area (Å²) in [4.78, 5) is 42.9. The van der Waals surface area contributed by atoms with Gasteiger partial charge >= 0.3 is 12.3 Å². The van der Waals surface area contributed by atoms with Crippen molar-refractivity contribution < 1.29 is 40.7 Å². The van der Waals surface area contributed by atoms with E-state index in [1.165, 1.54) is 19.3 Å². The summed E-state index contributed by atoms with van der Waals surface area (Å²) in [5, 5.41) is 2.95. The molecule has 2 aromatic carbocycles. The molecule has 0 bridgehead atoms. The van der Waals surface area contributed by atoms with Crippen LogP contribution in [-0.2, 0) is 36.9 Å². The number of ether oxygens (including phenoxy) is 1. The number of piperidine rings is 1. The molecule has 50 heavy (non-hydrogen) atoms. The minimum atomic E-state index is -4.81. The molecule has 0 saturated carbocycles. The highest BCUT2D eigenvalue weighted by atomic mass is 32.2. The summed E-state index contributed by atoms with van der Waals surface area (Å²) in [5.41, 5.74) is 1.88. The lowest BCUT2D eigenvalue weighted by atomic mass is 9.85. The topological polar surface area (TPSA) is 116 Å². The summed E-state index contributed by atoms with van der Waals surface area (Å²) in [5.74, 6) is -1.65. The lowest BCUT2D eigenvalue weighted by Crippen LogP contribution is -2.61. The zero-order valence-electron chi connectivity index (χ0n) is 28.7. The number of piperazine rings is 1. The van der Waals surface area contributed by atoms with E-state index in [4.69, 9.17) is 4.74 Å². The molecule has 14 heteroatoms. The molecule has 1 N–H and O–H groups in total. The average Bonchev–Trinajstić information content (AvgIpc) is 3.04. The largest absolute Gasteiger partial charge is 0.443 e. The number of alkyl halides is 3. The number of imide groups is 1. The van der Waals surface area contributed by atoms with Gasteiger partial charge in [-0.3, -0.25) is 14.5 Å². The van der Waals surface area contributed by atoms with Crippen LogP contribution in [0.2, 0.25) is 0 Å². The lowest BCUT2D eigenvalue weighted by Gasteiger charge is -2.39. The second-order valence-corrected chi connectivity index (χ2v) is 16.1. The quantitative estimate of drug-likeness (QED) is 0.360. The van der Waals surface area contributed by atoms with Gasteiger partial charge in [0.2, 0.25) is 15.9 Å². The van der Waals surface area contributed by atoms with Crippen molar-refractivity contribution in [3.63, 3.8) is 0 Å². The Kier molecular flexibility index (Phi) is 11.1. The Hall–Kier alpha value is -3.75. The Morgan fingerprint density at radius 2 is 1.70 bits per heavy atom. The van der Waals surface area contributed by atoms with Crippen molar-refractivity contribution in [2.75, 3.05) is 32.7 Å². The van der Waals surface area contributed by atoms with Crippen LogP contribution in [0.15, 0.2) is 53.9 Å². The van der Waals surface area contributed by atoms with Gasteiger partial charge in [-0.25, -0.2) is 18.1 Å². The Labute approximate surface area is 291 Å². The van der Waals surface area contributed by atoms with Gasteiger partial charge in [-0.2, -0.15) is 17.5 Å². The summed E-state index contributed by atoms with van der Waals surface area (Å²) >= 11 is 0. The molecule has 3 amide bonds. The molecule has 2 saturated heterocycles. The number of halogens is 3. The van der Waals surface area contributed by atoms with Gasteiger partial charge in [0, 0.05) is 19.6 Å². The Bertz CT molecular complexity index is 1730. The van der Waals surface area contributed by atoms with Crippen LogP contribution >= 0.6 is 0 Å². The van der Waals surface area contributed by atoms with E-state index in [1.54, 1.807) is 20.8 Å². The first-order valence-electron chi connectivity index (χ1n) is 17.0. The van der Waals surface area contributed by atoms with Crippen LogP contribution < -0.4 is 5.32 Å². The van der Waals surface area contributed by atoms with Crippen molar-refractivity contribution >= 4 is 33.5 Å². The predicted molar refractivity (Wildman–Crippen MR) is 181 cm³/mol. The molecule has 2 aromatic rings. The number of nitrogens with one attached hydrogen (secondary N) is 1. The Balaban J connectivity index is 1.37. The molecule has 2 fully saturated rings. The van der Waals surface area contributed by atoms with Crippen molar-refractivity contribution in [3.8, 4) is 0 Å². The lowest BCUT2D eigenvalue weighted by molar-refractivity contribution is -0.141. The van der Waals surface area contributed by atoms with Gasteiger partial charge < -0.3 is 10.1 Å². The molecular formula is C36H45F3N4O6S. The first-order chi connectivity index (χ1) is 23.4. The fraction of sp³-hybridized carbons (Fsp3) is 0.528. The first kappa shape index (κ1) is 37.5. The molecular weight excluding hydrogens is 673 g/mol. The molecule has 0 aromatic heterocycles. The molecule has 5 rings (SSSR count). The van der Waals surface area contributed by atoms with E-state index in [9.17, 15) is 36.0 Å². The normalized spacial score (nSPS) is 21.0. The minimum absolute atomic E-state index is 0.411. The van der Waals surface area contributed by atoms with Crippen LogP contribution in [0.5, 0.6) is 0 Å². The molecule has 0 spiro atoms. The maximum Gasteiger partial charge on any atom is 0.417 e. The number of rotatable bonds is 8.